The topological polar surface area (TPSA) is 76.4 Å². The van der Waals surface area contributed by atoms with Crippen molar-refractivity contribution in [2.24, 2.45) is 0 Å². The quantitative estimate of drug-likeness (QED) is 0.464. The van der Waals surface area contributed by atoms with E-state index < -0.39 is 5.97 Å². The Morgan fingerprint density at radius 1 is 1.12 bits per heavy atom. The monoisotopic (exact) mass is 227 g/mol. The highest BCUT2D eigenvalue weighted by Gasteiger charge is 2.04. The summed E-state index contributed by atoms with van der Waals surface area (Å²) in [4.78, 5) is 21.8. The van der Waals surface area contributed by atoms with E-state index in [-0.39, 0.29) is 25.6 Å². The second-order valence-electron chi connectivity index (χ2n) is 3.23. The number of ether oxygens (including phenoxy) is 2. The molecule has 0 radical (unpaired) electrons. The zero-order chi connectivity index (χ0) is 12.2. The van der Waals surface area contributed by atoms with E-state index in [4.69, 9.17) is 10.00 Å². The molecule has 0 saturated carbocycles. The predicted octanol–water partition coefficient (Wildman–Crippen LogP) is 1.57. The van der Waals surface area contributed by atoms with Gasteiger partial charge in [0, 0.05) is 6.42 Å². The van der Waals surface area contributed by atoms with Crippen LogP contribution in [-0.2, 0) is 19.1 Å². The molecule has 0 aromatic rings. The lowest BCUT2D eigenvalue weighted by atomic mass is 10.2. The molecule has 0 heterocycles. The Morgan fingerprint density at radius 3 is 2.31 bits per heavy atom. The van der Waals surface area contributed by atoms with Gasteiger partial charge in [0.05, 0.1) is 6.07 Å². The van der Waals surface area contributed by atoms with E-state index in [1.807, 2.05) is 0 Å². The van der Waals surface area contributed by atoms with Gasteiger partial charge in [-0.3, -0.25) is 9.59 Å². The number of rotatable bonds is 8. The molecule has 0 aliphatic rings. The molecule has 0 unspecified atom stereocenters. The number of unbranched alkanes of at least 4 members (excludes halogenated alkanes) is 2. The van der Waals surface area contributed by atoms with Crippen molar-refractivity contribution in [3.8, 4) is 6.07 Å². The summed E-state index contributed by atoms with van der Waals surface area (Å²) in [6.07, 6.45) is 3.01. The molecule has 5 nitrogen and oxygen atoms in total. The van der Waals surface area contributed by atoms with Crippen LogP contribution < -0.4 is 0 Å². The van der Waals surface area contributed by atoms with Gasteiger partial charge in [0.1, 0.15) is 19.6 Å². The van der Waals surface area contributed by atoms with Gasteiger partial charge in [-0.25, -0.2) is 0 Å². The molecular formula is C11H17NO4. The maximum absolute atomic E-state index is 11.1. The Labute approximate surface area is 95.3 Å². The van der Waals surface area contributed by atoms with E-state index in [0.717, 1.165) is 19.3 Å². The standard InChI is InChI=1S/C11H17NO4/c1-2-3-4-5-10(13)15-8-9-16-11(14)6-7-12/h2-6,8-9H2,1H3. The fourth-order valence-corrected chi connectivity index (χ4v) is 1.02. The van der Waals surface area contributed by atoms with Crippen LogP contribution in [0.1, 0.15) is 39.0 Å². The van der Waals surface area contributed by atoms with Crippen molar-refractivity contribution in [3.63, 3.8) is 0 Å². The van der Waals surface area contributed by atoms with Crippen molar-refractivity contribution in [2.45, 2.75) is 39.0 Å². The van der Waals surface area contributed by atoms with Gasteiger partial charge in [-0.15, -0.1) is 0 Å². The Kier molecular flexibility index (Phi) is 8.99. The smallest absolute Gasteiger partial charge is 0.320 e. The summed E-state index contributed by atoms with van der Waals surface area (Å²) in [5.74, 6) is -0.866. The highest BCUT2D eigenvalue weighted by molar-refractivity contribution is 5.71. The van der Waals surface area contributed by atoms with Gasteiger partial charge < -0.3 is 9.47 Å². The van der Waals surface area contributed by atoms with Crippen LogP contribution >= 0.6 is 0 Å². The summed E-state index contributed by atoms with van der Waals surface area (Å²) in [5, 5.41) is 8.17. The first-order chi connectivity index (χ1) is 7.70. The highest BCUT2D eigenvalue weighted by Crippen LogP contribution is 2.00. The van der Waals surface area contributed by atoms with E-state index in [0.29, 0.717) is 6.42 Å². The molecule has 0 bridgehead atoms. The molecule has 0 aliphatic heterocycles. The minimum atomic E-state index is -0.593. The third-order valence-electron chi connectivity index (χ3n) is 1.82. The first kappa shape index (κ1) is 14.4. The largest absolute Gasteiger partial charge is 0.462 e. The van der Waals surface area contributed by atoms with Crippen LogP contribution in [0.2, 0.25) is 0 Å². The van der Waals surface area contributed by atoms with Crippen LogP contribution in [0.15, 0.2) is 0 Å². The molecule has 0 spiro atoms. The lowest BCUT2D eigenvalue weighted by Gasteiger charge is -2.04. The van der Waals surface area contributed by atoms with Gasteiger partial charge in [-0.05, 0) is 6.42 Å². The third-order valence-corrected chi connectivity index (χ3v) is 1.82. The lowest BCUT2D eigenvalue weighted by molar-refractivity contribution is -0.151. The molecule has 90 valence electrons. The van der Waals surface area contributed by atoms with E-state index in [1.54, 1.807) is 6.07 Å². The summed E-state index contributed by atoms with van der Waals surface area (Å²) >= 11 is 0. The van der Waals surface area contributed by atoms with E-state index in [9.17, 15) is 9.59 Å². The van der Waals surface area contributed by atoms with Crippen molar-refractivity contribution in [1.29, 1.82) is 5.26 Å². The van der Waals surface area contributed by atoms with Crippen molar-refractivity contribution in [1.82, 2.24) is 0 Å². The molecule has 0 aromatic heterocycles. The predicted molar refractivity (Wildman–Crippen MR) is 56.3 cm³/mol. The molecule has 5 heteroatoms. The van der Waals surface area contributed by atoms with Crippen LogP contribution in [0.4, 0.5) is 0 Å². The normalized spacial score (nSPS) is 9.25. The summed E-state index contributed by atoms with van der Waals surface area (Å²) < 4.78 is 9.44. The molecule has 0 atom stereocenters. The van der Waals surface area contributed by atoms with Gasteiger partial charge in [0.25, 0.3) is 0 Å². The van der Waals surface area contributed by atoms with Crippen LogP contribution in [0.5, 0.6) is 0 Å². The molecule has 16 heavy (non-hydrogen) atoms. The molecule has 0 aliphatic carbocycles. The molecular weight excluding hydrogens is 210 g/mol. The third kappa shape index (κ3) is 9.00. The second-order valence-corrected chi connectivity index (χ2v) is 3.23. The van der Waals surface area contributed by atoms with Crippen LogP contribution in [0.3, 0.4) is 0 Å². The second kappa shape index (κ2) is 9.97. The van der Waals surface area contributed by atoms with Crippen LogP contribution in [0, 0.1) is 11.3 Å². The summed E-state index contributed by atoms with van der Waals surface area (Å²) in [7, 11) is 0. The fraction of sp³-hybridized carbons (Fsp3) is 0.727. The molecule has 0 amide bonds. The molecule has 0 fully saturated rings. The average Bonchev–Trinajstić information content (AvgIpc) is 2.25. The molecule has 0 aromatic carbocycles. The highest BCUT2D eigenvalue weighted by atomic mass is 16.6. The van der Waals surface area contributed by atoms with E-state index >= 15 is 0 Å². The number of nitrogens with zero attached hydrogens (tertiary/aromatic N) is 1. The zero-order valence-corrected chi connectivity index (χ0v) is 9.53. The Balaban J connectivity index is 3.34. The van der Waals surface area contributed by atoms with E-state index in [2.05, 4.69) is 11.7 Å². The number of carbonyl (C=O) groups excluding carboxylic acids is 2. The Morgan fingerprint density at radius 2 is 1.75 bits per heavy atom. The summed E-state index contributed by atoms with van der Waals surface area (Å²) in [6, 6.07) is 1.67. The van der Waals surface area contributed by atoms with Crippen molar-refractivity contribution in [2.75, 3.05) is 13.2 Å². The van der Waals surface area contributed by atoms with Gasteiger partial charge in [-0.1, -0.05) is 19.8 Å². The maximum Gasteiger partial charge on any atom is 0.320 e. The van der Waals surface area contributed by atoms with Crippen molar-refractivity contribution in [3.05, 3.63) is 0 Å². The number of nitriles is 1. The lowest BCUT2D eigenvalue weighted by Crippen LogP contribution is -2.13. The van der Waals surface area contributed by atoms with Gasteiger partial charge in [0.2, 0.25) is 0 Å². The van der Waals surface area contributed by atoms with Crippen molar-refractivity contribution >= 4 is 11.9 Å². The average molecular weight is 227 g/mol. The van der Waals surface area contributed by atoms with Gasteiger partial charge >= 0.3 is 11.9 Å². The number of hydrogen-bond acceptors (Lipinski definition) is 5. The molecule has 0 N–H and O–H groups in total. The van der Waals surface area contributed by atoms with Crippen LogP contribution in [-0.4, -0.2) is 25.2 Å². The summed E-state index contributed by atoms with van der Waals surface area (Å²) in [5.41, 5.74) is 0. The first-order valence-corrected chi connectivity index (χ1v) is 5.39. The van der Waals surface area contributed by atoms with E-state index in [1.165, 1.54) is 0 Å². The molecule has 0 saturated heterocycles. The first-order valence-electron chi connectivity index (χ1n) is 5.39. The zero-order valence-electron chi connectivity index (χ0n) is 9.53. The maximum atomic E-state index is 11.1. The van der Waals surface area contributed by atoms with Crippen molar-refractivity contribution < 1.29 is 19.1 Å². The molecule has 0 rings (SSSR count). The minimum Gasteiger partial charge on any atom is -0.462 e. The van der Waals surface area contributed by atoms with Crippen LogP contribution in [0.25, 0.3) is 0 Å². The van der Waals surface area contributed by atoms with Gasteiger partial charge in [0.15, 0.2) is 0 Å². The van der Waals surface area contributed by atoms with Gasteiger partial charge in [-0.2, -0.15) is 5.26 Å². The minimum absolute atomic E-state index is 0.0139. The Hall–Kier alpha value is -1.57. The summed E-state index contributed by atoms with van der Waals surface area (Å²) in [6.45, 7) is 2.13. The number of carbonyl (C=O) groups is 2. The fourth-order valence-electron chi connectivity index (χ4n) is 1.02. The number of hydrogen-bond donors (Lipinski definition) is 0. The number of esters is 2. The SMILES string of the molecule is CCCCCC(=O)OCCOC(=O)CC#N. The Bertz CT molecular complexity index is 257.